The van der Waals surface area contributed by atoms with Gasteiger partial charge in [-0.25, -0.2) is 4.39 Å². The molecule has 1 amide bonds. The molecule has 2 heterocycles. The van der Waals surface area contributed by atoms with Gasteiger partial charge in [0.05, 0.1) is 24.2 Å². The van der Waals surface area contributed by atoms with Crippen LogP contribution in [0.2, 0.25) is 0 Å². The number of hydrogen-bond acceptors (Lipinski definition) is 5. The molecule has 2 aromatic carbocycles. The van der Waals surface area contributed by atoms with Crippen LogP contribution in [0.4, 0.5) is 4.39 Å². The maximum atomic E-state index is 13.2. The zero-order chi connectivity index (χ0) is 19.8. The number of phenolic OH excluding ortho intramolecular Hbond substituents is 1. The Balaban J connectivity index is 1.77. The quantitative estimate of drug-likeness (QED) is 0.633. The third-order valence-corrected chi connectivity index (χ3v) is 5.20. The molecule has 0 radical (unpaired) electrons. The van der Waals surface area contributed by atoms with Crippen LogP contribution in [-0.2, 0) is 13.1 Å². The molecule has 144 valence electrons. The summed E-state index contributed by atoms with van der Waals surface area (Å²) in [4.78, 5) is 18.9. The first-order chi connectivity index (χ1) is 13.5. The minimum atomic E-state index is -0.323. The Morgan fingerprint density at radius 2 is 2.04 bits per heavy atom. The molecule has 1 N–H and O–H groups in total. The molecule has 1 aliphatic heterocycles. The maximum absolute atomic E-state index is 13.2. The summed E-state index contributed by atoms with van der Waals surface area (Å²) in [5.41, 5.74) is 2.03. The Morgan fingerprint density at radius 3 is 2.75 bits per heavy atom. The average molecular weight is 398 g/mol. The molecular formula is C21H19FN2O3S. The van der Waals surface area contributed by atoms with Crippen LogP contribution in [-0.4, -0.2) is 26.1 Å². The van der Waals surface area contributed by atoms with Crippen molar-refractivity contribution in [2.75, 3.05) is 0 Å². The highest BCUT2D eigenvalue weighted by Gasteiger charge is 2.36. The molecule has 0 bridgehead atoms. The molecule has 3 aromatic rings. The van der Waals surface area contributed by atoms with Crippen molar-refractivity contribution in [3.8, 4) is 11.5 Å². The molecule has 0 fully saturated rings. The van der Waals surface area contributed by atoms with Crippen molar-refractivity contribution < 1.29 is 18.5 Å². The molecule has 5 nitrogen and oxygen atoms in total. The number of halogens is 1. The Hall–Kier alpha value is -2.80. The first-order valence-corrected chi connectivity index (χ1v) is 9.75. The number of aromatic nitrogens is 1. The second kappa shape index (κ2) is 7.31. The number of pyridine rings is 1. The summed E-state index contributed by atoms with van der Waals surface area (Å²) in [6.07, 6.45) is 1.57. The number of carbonyl (C=O) groups excluding carboxylic acids is 1. The van der Waals surface area contributed by atoms with E-state index in [4.69, 9.17) is 4.18 Å². The number of rotatable bonds is 5. The van der Waals surface area contributed by atoms with E-state index in [0.717, 1.165) is 5.56 Å². The number of carbonyl (C=O) groups is 1. The average Bonchev–Trinajstić information content (AvgIpc) is 3.00. The molecule has 0 spiro atoms. The molecule has 0 aliphatic carbocycles. The lowest BCUT2D eigenvalue weighted by atomic mass is 10.0. The van der Waals surface area contributed by atoms with Crippen LogP contribution >= 0.6 is 12.0 Å². The van der Waals surface area contributed by atoms with Gasteiger partial charge in [0.1, 0.15) is 11.3 Å². The lowest BCUT2D eigenvalue weighted by molar-refractivity contribution is 0.0764. The highest BCUT2D eigenvalue weighted by Crippen LogP contribution is 2.45. The van der Waals surface area contributed by atoms with Crippen molar-refractivity contribution in [2.45, 2.75) is 32.2 Å². The first kappa shape index (κ1) is 18.6. The minimum absolute atomic E-state index is 0.126. The van der Waals surface area contributed by atoms with Crippen molar-refractivity contribution in [1.29, 1.82) is 0 Å². The van der Waals surface area contributed by atoms with E-state index >= 15 is 0 Å². The van der Waals surface area contributed by atoms with Crippen molar-refractivity contribution in [3.63, 3.8) is 0 Å². The molecule has 28 heavy (non-hydrogen) atoms. The Bertz CT molecular complexity index is 1050. The van der Waals surface area contributed by atoms with Gasteiger partial charge in [0.2, 0.25) is 0 Å². The summed E-state index contributed by atoms with van der Waals surface area (Å²) >= 11 is 1.30. The topological polar surface area (TPSA) is 62.7 Å². The fourth-order valence-corrected chi connectivity index (χ4v) is 3.77. The molecule has 4 rings (SSSR count). The van der Waals surface area contributed by atoms with Gasteiger partial charge in [0.15, 0.2) is 11.5 Å². The summed E-state index contributed by atoms with van der Waals surface area (Å²) in [6, 6.07) is 9.63. The van der Waals surface area contributed by atoms with Crippen molar-refractivity contribution in [3.05, 3.63) is 65.1 Å². The van der Waals surface area contributed by atoms with Crippen LogP contribution in [0.1, 0.15) is 35.3 Å². The predicted molar refractivity (Wildman–Crippen MR) is 107 cm³/mol. The van der Waals surface area contributed by atoms with E-state index in [2.05, 4.69) is 4.98 Å². The summed E-state index contributed by atoms with van der Waals surface area (Å²) < 4.78 is 19.1. The van der Waals surface area contributed by atoms with Gasteiger partial charge in [-0.05, 0) is 29.8 Å². The summed E-state index contributed by atoms with van der Waals surface area (Å²) in [5, 5.41) is 11.6. The zero-order valence-electron chi connectivity index (χ0n) is 15.5. The van der Waals surface area contributed by atoms with Gasteiger partial charge in [-0.1, -0.05) is 26.0 Å². The lowest BCUT2D eigenvalue weighted by Gasteiger charge is -2.16. The number of phenols is 1. The standard InChI is InChI=1S/C21H19FN2O3S/c1-12(2)28-27-20-15-4-3-9-23-18(15)19(25)17-16(20)11-24(21(17)26)10-13-5-7-14(22)8-6-13/h3-9,12,25H,10-11H2,1-2H3. The van der Waals surface area contributed by atoms with Crippen LogP contribution in [0.3, 0.4) is 0 Å². The van der Waals surface area contributed by atoms with Crippen molar-refractivity contribution >= 4 is 28.9 Å². The van der Waals surface area contributed by atoms with Crippen LogP contribution in [0.5, 0.6) is 11.5 Å². The van der Waals surface area contributed by atoms with Gasteiger partial charge in [-0.2, -0.15) is 0 Å². The molecule has 0 saturated heterocycles. The number of aromatic hydroxyl groups is 1. The van der Waals surface area contributed by atoms with Crippen molar-refractivity contribution in [1.82, 2.24) is 9.88 Å². The molecule has 1 aromatic heterocycles. The van der Waals surface area contributed by atoms with Gasteiger partial charge in [0, 0.05) is 28.9 Å². The molecular weight excluding hydrogens is 379 g/mol. The number of fused-ring (bicyclic) bond motifs is 2. The van der Waals surface area contributed by atoms with E-state index in [1.165, 1.54) is 24.2 Å². The van der Waals surface area contributed by atoms with Crippen LogP contribution in [0.25, 0.3) is 10.9 Å². The van der Waals surface area contributed by atoms with Crippen LogP contribution in [0, 0.1) is 5.82 Å². The van der Waals surface area contributed by atoms with Gasteiger partial charge < -0.3 is 14.2 Å². The minimum Gasteiger partial charge on any atom is -0.505 e. The van der Waals surface area contributed by atoms with E-state index in [0.29, 0.717) is 35.3 Å². The van der Waals surface area contributed by atoms with Gasteiger partial charge in [-0.3, -0.25) is 9.78 Å². The Morgan fingerprint density at radius 1 is 1.29 bits per heavy atom. The predicted octanol–water partition coefficient (Wildman–Crippen LogP) is 4.67. The molecule has 0 saturated carbocycles. The number of benzene rings is 2. The second-order valence-electron chi connectivity index (χ2n) is 6.95. The third-order valence-electron chi connectivity index (χ3n) is 4.55. The summed E-state index contributed by atoms with van der Waals surface area (Å²) in [5.74, 6) is -0.177. The molecule has 7 heteroatoms. The second-order valence-corrected chi connectivity index (χ2v) is 8.25. The Kier molecular flexibility index (Phi) is 4.85. The molecule has 0 atom stereocenters. The van der Waals surface area contributed by atoms with Gasteiger partial charge in [-0.15, -0.1) is 0 Å². The molecule has 1 aliphatic rings. The normalized spacial score (nSPS) is 13.4. The SMILES string of the molecule is CC(C)SOc1c2c(c(O)c3ncccc13)C(=O)N(Cc1ccc(F)cc1)C2. The zero-order valence-corrected chi connectivity index (χ0v) is 16.3. The first-order valence-electron chi connectivity index (χ1n) is 8.95. The fraction of sp³-hybridized carbons (Fsp3) is 0.238. The smallest absolute Gasteiger partial charge is 0.258 e. The van der Waals surface area contributed by atoms with Crippen LogP contribution in [0.15, 0.2) is 42.6 Å². The summed E-state index contributed by atoms with van der Waals surface area (Å²) in [7, 11) is 0. The van der Waals surface area contributed by atoms with Gasteiger partial charge in [0.25, 0.3) is 5.91 Å². The van der Waals surface area contributed by atoms with E-state index < -0.39 is 0 Å². The third kappa shape index (κ3) is 3.26. The van der Waals surface area contributed by atoms with Gasteiger partial charge >= 0.3 is 0 Å². The number of nitrogens with zero attached hydrogens (tertiary/aromatic N) is 2. The highest BCUT2D eigenvalue weighted by molar-refractivity contribution is 7.95. The van der Waals surface area contributed by atoms with E-state index in [1.807, 2.05) is 19.9 Å². The monoisotopic (exact) mass is 398 g/mol. The highest BCUT2D eigenvalue weighted by atomic mass is 32.2. The van der Waals surface area contributed by atoms with E-state index in [1.54, 1.807) is 29.3 Å². The number of amides is 1. The molecule has 0 unspecified atom stereocenters. The largest absolute Gasteiger partial charge is 0.505 e. The van der Waals surface area contributed by atoms with E-state index in [9.17, 15) is 14.3 Å². The maximum Gasteiger partial charge on any atom is 0.258 e. The Labute approximate surface area is 166 Å². The fourth-order valence-electron chi connectivity index (χ4n) is 3.29. The van der Waals surface area contributed by atoms with Crippen LogP contribution < -0.4 is 4.18 Å². The summed E-state index contributed by atoms with van der Waals surface area (Å²) in [6.45, 7) is 4.64. The lowest BCUT2D eigenvalue weighted by Crippen LogP contribution is -2.23. The number of hydrogen-bond donors (Lipinski definition) is 1. The van der Waals surface area contributed by atoms with E-state index in [-0.39, 0.29) is 28.3 Å². The van der Waals surface area contributed by atoms with Crippen molar-refractivity contribution in [2.24, 2.45) is 0 Å².